The number of quaternary nitrogens is 1. The molecule has 0 bridgehead atoms. The van der Waals surface area contributed by atoms with Crippen molar-refractivity contribution in [1.29, 1.82) is 0 Å². The van der Waals surface area contributed by atoms with Crippen molar-refractivity contribution < 1.29 is 42.1 Å². The van der Waals surface area contributed by atoms with E-state index in [-0.39, 0.29) is 32.0 Å². The highest BCUT2D eigenvalue weighted by molar-refractivity contribution is 7.47. The Morgan fingerprint density at radius 2 is 0.722 bits per heavy atom. The zero-order chi connectivity index (χ0) is 57.7. The molecule has 0 aromatic rings. The molecule has 0 aromatic heterocycles. The summed E-state index contributed by atoms with van der Waals surface area (Å²) >= 11 is 0. The summed E-state index contributed by atoms with van der Waals surface area (Å²) in [6.45, 7) is 4.33. The molecular formula is C69H123NO8P+. The fourth-order valence-corrected chi connectivity index (χ4v) is 9.62. The van der Waals surface area contributed by atoms with E-state index in [1.807, 2.05) is 21.1 Å². The van der Waals surface area contributed by atoms with Crippen LogP contribution in [0, 0.1) is 0 Å². The van der Waals surface area contributed by atoms with Gasteiger partial charge in [-0.1, -0.05) is 265 Å². The lowest BCUT2D eigenvalue weighted by atomic mass is 10.0. The van der Waals surface area contributed by atoms with Crippen LogP contribution in [-0.2, 0) is 32.7 Å². The Morgan fingerprint density at radius 1 is 0.405 bits per heavy atom. The Hall–Kier alpha value is -3.07. The van der Waals surface area contributed by atoms with E-state index in [2.05, 4.69) is 111 Å². The number of hydrogen-bond donors (Lipinski definition) is 1. The van der Waals surface area contributed by atoms with Crippen molar-refractivity contribution in [3.63, 3.8) is 0 Å². The Kier molecular flexibility index (Phi) is 57.2. The molecule has 10 heteroatoms. The van der Waals surface area contributed by atoms with Gasteiger partial charge < -0.3 is 18.9 Å². The molecule has 0 radical (unpaired) electrons. The van der Waals surface area contributed by atoms with Crippen molar-refractivity contribution in [3.8, 4) is 0 Å². The molecule has 0 fully saturated rings. The number of ether oxygens (including phenoxy) is 2. The van der Waals surface area contributed by atoms with E-state index < -0.39 is 26.5 Å². The van der Waals surface area contributed by atoms with E-state index in [1.54, 1.807) is 0 Å². The molecule has 0 saturated carbocycles. The molecule has 0 aliphatic heterocycles. The molecule has 9 nitrogen and oxygen atoms in total. The van der Waals surface area contributed by atoms with E-state index >= 15 is 0 Å². The fraction of sp³-hybridized carbons (Fsp3) is 0.739. The van der Waals surface area contributed by atoms with E-state index in [0.717, 1.165) is 83.5 Å². The maximum Gasteiger partial charge on any atom is 0.472 e. The molecular weight excluding hydrogens is 1000 g/mol. The highest BCUT2D eigenvalue weighted by atomic mass is 31.2. The largest absolute Gasteiger partial charge is 0.472 e. The first-order valence-corrected chi connectivity index (χ1v) is 34.0. The van der Waals surface area contributed by atoms with Gasteiger partial charge >= 0.3 is 19.8 Å². The molecule has 456 valence electrons. The fourth-order valence-electron chi connectivity index (χ4n) is 8.87. The summed E-state index contributed by atoms with van der Waals surface area (Å²) in [6.07, 6.45) is 82.1. The van der Waals surface area contributed by atoms with Crippen LogP contribution in [0.5, 0.6) is 0 Å². The average Bonchev–Trinajstić information content (AvgIpc) is 3.41. The van der Waals surface area contributed by atoms with Crippen LogP contribution in [0.1, 0.15) is 277 Å². The van der Waals surface area contributed by atoms with E-state index in [0.29, 0.717) is 17.4 Å². The number of carbonyl (C=O) groups is 2. The number of phosphoric acid groups is 1. The van der Waals surface area contributed by atoms with Crippen LogP contribution >= 0.6 is 7.82 Å². The van der Waals surface area contributed by atoms with Gasteiger partial charge in [0.25, 0.3) is 0 Å². The molecule has 2 unspecified atom stereocenters. The molecule has 0 amide bonds. The molecule has 2 atom stereocenters. The number of esters is 2. The Morgan fingerprint density at radius 3 is 1.09 bits per heavy atom. The first-order valence-electron chi connectivity index (χ1n) is 32.5. The molecule has 79 heavy (non-hydrogen) atoms. The maximum absolute atomic E-state index is 12.8. The number of likely N-dealkylation sites (N-methyl/N-ethyl adjacent to an activating group) is 1. The third-order valence-electron chi connectivity index (χ3n) is 13.8. The number of phosphoric ester groups is 1. The van der Waals surface area contributed by atoms with Gasteiger partial charge in [0, 0.05) is 12.8 Å². The minimum Gasteiger partial charge on any atom is -0.462 e. The lowest BCUT2D eigenvalue weighted by Crippen LogP contribution is -2.37. The quantitative estimate of drug-likeness (QED) is 0.0211. The predicted octanol–water partition coefficient (Wildman–Crippen LogP) is 20.8. The number of hydrogen-bond acceptors (Lipinski definition) is 7. The van der Waals surface area contributed by atoms with Crippen LogP contribution < -0.4 is 0 Å². The molecule has 0 aliphatic rings. The summed E-state index contributed by atoms with van der Waals surface area (Å²) in [5.41, 5.74) is 0. The average molecular weight is 1130 g/mol. The Bertz CT molecular complexity index is 1650. The summed E-state index contributed by atoms with van der Waals surface area (Å²) in [5.74, 6) is -0.798. The third kappa shape index (κ3) is 64.0. The van der Waals surface area contributed by atoms with Crippen LogP contribution in [0.3, 0.4) is 0 Å². The summed E-state index contributed by atoms with van der Waals surface area (Å²) in [7, 11) is 1.47. The molecule has 0 spiro atoms. The van der Waals surface area contributed by atoms with Crippen molar-refractivity contribution in [2.75, 3.05) is 47.5 Å². The number of carbonyl (C=O) groups excluding carboxylic acids is 2. The van der Waals surface area contributed by atoms with Gasteiger partial charge in [-0.05, 0) is 96.3 Å². The molecule has 0 aromatic carbocycles. The minimum absolute atomic E-state index is 0.0289. The predicted molar refractivity (Wildman–Crippen MR) is 339 cm³/mol. The van der Waals surface area contributed by atoms with Crippen LogP contribution in [0.4, 0.5) is 0 Å². The summed E-state index contributed by atoms with van der Waals surface area (Å²) < 4.78 is 34.6. The first kappa shape index (κ1) is 75.9. The standard InChI is InChI=1S/C69H122NO8P/c1-6-8-10-12-14-16-18-20-22-24-26-27-28-29-30-31-32-33-34-35-36-37-38-39-40-41-42-43-44-46-48-50-52-54-56-58-60-62-69(72)78-67(66-77-79(73,74)76-64-63-70(3,4)5)65-75-68(71)61-59-57-55-53-51-49-47-45-25-23-21-19-17-15-13-11-9-7-2/h8,10,14,16,20,22-23,25-27,29-30,32-33,35-36,67H,6-7,9,11-13,15,17-19,21,24,28,31,34,37-66H2,1-5H3/p+1/b10-8-,16-14-,22-20-,25-23-,27-26-,30-29-,33-32-,36-35-. The lowest BCUT2D eigenvalue weighted by molar-refractivity contribution is -0.870. The summed E-state index contributed by atoms with van der Waals surface area (Å²) in [5, 5.41) is 0. The maximum atomic E-state index is 12.8. The topological polar surface area (TPSA) is 108 Å². The number of rotatable bonds is 59. The zero-order valence-corrected chi connectivity index (χ0v) is 52.7. The smallest absolute Gasteiger partial charge is 0.462 e. The van der Waals surface area contributed by atoms with Crippen LogP contribution in [0.2, 0.25) is 0 Å². The third-order valence-corrected chi connectivity index (χ3v) is 14.8. The second kappa shape index (κ2) is 59.5. The minimum atomic E-state index is -4.39. The van der Waals surface area contributed by atoms with Gasteiger partial charge in [0.05, 0.1) is 27.7 Å². The van der Waals surface area contributed by atoms with Gasteiger partial charge in [0.1, 0.15) is 19.8 Å². The molecule has 0 heterocycles. The monoisotopic (exact) mass is 1120 g/mol. The van der Waals surface area contributed by atoms with Crippen LogP contribution in [0.25, 0.3) is 0 Å². The van der Waals surface area contributed by atoms with Gasteiger partial charge in [0.2, 0.25) is 0 Å². The summed E-state index contributed by atoms with van der Waals surface area (Å²) in [6, 6.07) is 0. The normalized spacial score (nSPS) is 13.8. The molecule has 0 saturated heterocycles. The van der Waals surface area contributed by atoms with Gasteiger partial charge in [-0.15, -0.1) is 0 Å². The van der Waals surface area contributed by atoms with E-state index in [1.165, 1.54) is 161 Å². The Labute approximate surface area is 487 Å². The molecule has 0 rings (SSSR count). The second-order valence-electron chi connectivity index (χ2n) is 22.8. The lowest BCUT2D eigenvalue weighted by Gasteiger charge is -2.24. The van der Waals surface area contributed by atoms with Gasteiger partial charge in [-0.3, -0.25) is 18.6 Å². The zero-order valence-electron chi connectivity index (χ0n) is 51.8. The van der Waals surface area contributed by atoms with Crippen molar-refractivity contribution in [3.05, 3.63) is 97.2 Å². The first-order chi connectivity index (χ1) is 38.5. The van der Waals surface area contributed by atoms with Crippen LogP contribution in [-0.4, -0.2) is 74.9 Å². The van der Waals surface area contributed by atoms with Gasteiger partial charge in [-0.2, -0.15) is 0 Å². The second-order valence-corrected chi connectivity index (χ2v) is 24.2. The Balaban J connectivity index is 4.05. The van der Waals surface area contributed by atoms with Crippen molar-refractivity contribution in [2.45, 2.75) is 283 Å². The number of unbranched alkanes of at least 4 members (excludes halogenated alkanes) is 29. The van der Waals surface area contributed by atoms with Crippen molar-refractivity contribution in [2.24, 2.45) is 0 Å². The highest BCUT2D eigenvalue weighted by Crippen LogP contribution is 2.43. The summed E-state index contributed by atoms with van der Waals surface area (Å²) in [4.78, 5) is 35.8. The number of nitrogens with zero attached hydrogens (tertiary/aromatic N) is 1. The van der Waals surface area contributed by atoms with Crippen molar-refractivity contribution >= 4 is 19.8 Å². The highest BCUT2D eigenvalue weighted by Gasteiger charge is 2.27. The van der Waals surface area contributed by atoms with Crippen molar-refractivity contribution in [1.82, 2.24) is 0 Å². The molecule has 1 N–H and O–H groups in total. The van der Waals surface area contributed by atoms with E-state index in [4.69, 9.17) is 18.5 Å². The number of allylic oxidation sites excluding steroid dienone is 16. The van der Waals surface area contributed by atoms with E-state index in [9.17, 15) is 19.0 Å². The van der Waals surface area contributed by atoms with Gasteiger partial charge in [0.15, 0.2) is 6.10 Å². The molecule has 0 aliphatic carbocycles. The van der Waals surface area contributed by atoms with Crippen LogP contribution in [0.15, 0.2) is 97.2 Å². The van der Waals surface area contributed by atoms with Gasteiger partial charge in [-0.25, -0.2) is 4.57 Å². The SMILES string of the molecule is CC/C=C\C/C=C\C/C=C\C/C=C\C/C=C\C/C=C\C/C=C\CCCCCCCCCCCCCCCCCC(=O)OC(COC(=O)CCCCCCCCC/C=C\CCCCCCCCC)COP(=O)(O)OCC[N+](C)(C)C.